The molecule has 278 valence electrons. The average Bonchev–Trinajstić information content (AvgIpc) is 3.76. The highest BCUT2D eigenvalue weighted by atomic mass is 28.3. The Balaban J connectivity index is 1.22. The first-order valence-corrected chi connectivity index (χ1v) is 26.9. The van der Waals surface area contributed by atoms with E-state index < -0.39 is 16.1 Å². The Morgan fingerprint density at radius 1 is 0.571 bits per heavy atom. The van der Waals surface area contributed by atoms with Crippen molar-refractivity contribution in [3.8, 4) is 28.2 Å². The van der Waals surface area contributed by atoms with Crippen LogP contribution < -0.4 is 10.4 Å². The maximum Gasteiger partial charge on any atom is 0.149 e. The van der Waals surface area contributed by atoms with Gasteiger partial charge in [0.2, 0.25) is 0 Å². The molecule has 56 heavy (non-hydrogen) atoms. The van der Waals surface area contributed by atoms with E-state index in [2.05, 4.69) is 180 Å². The molecule has 0 spiro atoms. The Bertz CT molecular complexity index is 3020. The number of benzene rings is 7. The summed E-state index contributed by atoms with van der Waals surface area (Å²) in [5, 5.41) is 10.5. The van der Waals surface area contributed by atoms with Crippen molar-refractivity contribution >= 4 is 81.0 Å². The number of nitrogens with zero attached hydrogens (tertiary/aromatic N) is 2. The van der Waals surface area contributed by atoms with Crippen molar-refractivity contribution in [1.82, 2.24) is 9.55 Å². The van der Waals surface area contributed by atoms with Crippen LogP contribution in [-0.2, 0) is 0 Å². The highest BCUT2D eigenvalue weighted by Gasteiger charge is 2.39. The summed E-state index contributed by atoms with van der Waals surface area (Å²) in [7, 11) is -2.94. The summed E-state index contributed by atoms with van der Waals surface area (Å²) in [6.07, 6.45) is 0. The van der Waals surface area contributed by atoms with Crippen LogP contribution in [0, 0.1) is 0 Å². The molecular weight excluding hydrogens is 713 g/mol. The maximum atomic E-state index is 6.94. The van der Waals surface area contributed by atoms with Crippen LogP contribution in [0.25, 0.3) is 82.7 Å². The first-order valence-electron chi connectivity index (χ1n) is 20.5. The fourth-order valence-corrected chi connectivity index (χ4v) is 19.9. The predicted octanol–water partition coefficient (Wildman–Crippen LogP) is 13.7. The molecule has 0 atom stereocenters. The summed E-state index contributed by atoms with van der Waals surface area (Å²) in [5.41, 5.74) is 11.5. The van der Waals surface area contributed by atoms with Crippen molar-refractivity contribution in [3.63, 3.8) is 0 Å². The topological polar surface area (TPSA) is 31.0 Å². The third kappa shape index (κ3) is 5.38. The molecule has 0 saturated heterocycles. The quantitative estimate of drug-likeness (QED) is 0.129. The number of hydrogen-bond acceptors (Lipinski definition) is 2. The summed E-state index contributed by atoms with van der Waals surface area (Å²) in [6.45, 7) is 19.7. The molecule has 5 heteroatoms. The molecule has 0 saturated carbocycles. The lowest BCUT2D eigenvalue weighted by Gasteiger charge is -2.40. The average molecular weight is 763 g/mol. The van der Waals surface area contributed by atoms with Gasteiger partial charge in [0.1, 0.15) is 17.0 Å². The first-order chi connectivity index (χ1) is 26.9. The molecule has 1 aliphatic rings. The molecule has 3 nitrogen and oxygen atoms in total. The van der Waals surface area contributed by atoms with Crippen molar-refractivity contribution in [3.05, 3.63) is 132 Å². The van der Waals surface area contributed by atoms with E-state index in [4.69, 9.17) is 9.40 Å². The van der Waals surface area contributed by atoms with E-state index in [0.717, 1.165) is 44.4 Å². The largest absolute Gasteiger partial charge is 0.455 e. The van der Waals surface area contributed by atoms with Crippen molar-refractivity contribution in [2.75, 3.05) is 0 Å². The SMILES string of the molecule is CC(C)c1cc(-c2ccc3c(c2)[Si](C)(C)CC[Si]3(C)C)cc(C(C)C)c1-n1c(-c2cccc3c2oc2cc4c(ccc5ccccc54)cc23)nc2ccccc21. The highest BCUT2D eigenvalue weighted by Crippen LogP contribution is 2.43. The van der Waals surface area contributed by atoms with Crippen LogP contribution in [-0.4, -0.2) is 25.7 Å². The normalized spacial score (nSPS) is 15.2. The zero-order valence-corrected chi connectivity index (χ0v) is 35.9. The van der Waals surface area contributed by atoms with Gasteiger partial charge in [-0.2, -0.15) is 0 Å². The van der Waals surface area contributed by atoms with Gasteiger partial charge in [-0.15, -0.1) is 0 Å². The van der Waals surface area contributed by atoms with Crippen molar-refractivity contribution < 1.29 is 4.42 Å². The van der Waals surface area contributed by atoms with E-state index in [1.165, 1.54) is 61.6 Å². The van der Waals surface area contributed by atoms with Crippen LogP contribution in [0.2, 0.25) is 38.3 Å². The van der Waals surface area contributed by atoms with Crippen LogP contribution in [0.15, 0.2) is 126 Å². The van der Waals surface area contributed by atoms with Crippen LogP contribution in [0.5, 0.6) is 0 Å². The molecule has 1 aliphatic heterocycles. The molecule has 0 fully saturated rings. The monoisotopic (exact) mass is 762 g/mol. The van der Waals surface area contributed by atoms with Crippen LogP contribution >= 0.6 is 0 Å². The summed E-state index contributed by atoms with van der Waals surface area (Å²) >= 11 is 0. The van der Waals surface area contributed by atoms with Gasteiger partial charge in [-0.1, -0.05) is 155 Å². The first kappa shape index (κ1) is 35.2. The lowest BCUT2D eigenvalue weighted by atomic mass is 9.88. The number of aromatic nitrogens is 2. The summed E-state index contributed by atoms with van der Waals surface area (Å²) in [6, 6.07) is 48.1. The van der Waals surface area contributed by atoms with Crippen molar-refractivity contribution in [1.29, 1.82) is 0 Å². The van der Waals surface area contributed by atoms with E-state index in [1.807, 2.05) is 0 Å². The number of hydrogen-bond donors (Lipinski definition) is 0. The second-order valence-corrected chi connectivity index (χ2v) is 27.9. The predicted molar refractivity (Wildman–Crippen MR) is 246 cm³/mol. The fourth-order valence-electron chi connectivity index (χ4n) is 9.66. The Morgan fingerprint density at radius 3 is 2.02 bits per heavy atom. The van der Waals surface area contributed by atoms with Gasteiger partial charge >= 0.3 is 0 Å². The minimum atomic E-state index is -1.51. The minimum absolute atomic E-state index is 0.287. The van der Waals surface area contributed by atoms with Gasteiger partial charge in [0.15, 0.2) is 0 Å². The molecule has 10 rings (SSSR count). The van der Waals surface area contributed by atoms with Gasteiger partial charge < -0.3 is 4.42 Å². The van der Waals surface area contributed by atoms with Crippen molar-refractivity contribution in [2.24, 2.45) is 0 Å². The van der Waals surface area contributed by atoms with E-state index in [9.17, 15) is 0 Å². The lowest BCUT2D eigenvalue weighted by Crippen LogP contribution is -2.63. The Hall–Kier alpha value is -5.24. The third-order valence-electron chi connectivity index (χ3n) is 13.0. The van der Waals surface area contributed by atoms with Crippen LogP contribution in [0.4, 0.5) is 0 Å². The molecule has 9 aromatic rings. The molecule has 0 bridgehead atoms. The lowest BCUT2D eigenvalue weighted by molar-refractivity contribution is 0.670. The number of rotatable bonds is 5. The summed E-state index contributed by atoms with van der Waals surface area (Å²) < 4.78 is 9.39. The van der Waals surface area contributed by atoms with E-state index in [1.54, 1.807) is 10.4 Å². The van der Waals surface area contributed by atoms with Gasteiger partial charge in [0, 0.05) is 10.8 Å². The van der Waals surface area contributed by atoms with Crippen LogP contribution in [0.1, 0.15) is 50.7 Å². The number of furan rings is 1. The third-order valence-corrected chi connectivity index (χ3v) is 20.5. The maximum absolute atomic E-state index is 6.94. The molecule has 7 aromatic carbocycles. The molecule has 0 N–H and O–H groups in total. The molecule has 0 unspecified atom stereocenters. The van der Waals surface area contributed by atoms with E-state index in [0.29, 0.717) is 0 Å². The molecule has 0 aliphatic carbocycles. The van der Waals surface area contributed by atoms with Gasteiger partial charge in [-0.05, 0) is 98.1 Å². The Labute approximate surface area is 332 Å². The summed E-state index contributed by atoms with van der Waals surface area (Å²) in [4.78, 5) is 5.45. The number of imidazole rings is 1. The Kier molecular flexibility index (Phi) is 7.94. The smallest absolute Gasteiger partial charge is 0.149 e. The second-order valence-electron chi connectivity index (χ2n) is 18.2. The molecule has 0 radical (unpaired) electrons. The molecule has 2 aromatic heterocycles. The summed E-state index contributed by atoms with van der Waals surface area (Å²) in [5.74, 6) is 1.49. The molecular formula is C51H50N2OSi2. The second kappa shape index (κ2) is 12.6. The van der Waals surface area contributed by atoms with Gasteiger partial charge in [0.25, 0.3) is 0 Å². The van der Waals surface area contributed by atoms with Crippen molar-refractivity contribution in [2.45, 2.75) is 77.8 Å². The van der Waals surface area contributed by atoms with E-state index in [-0.39, 0.29) is 11.8 Å². The number of para-hydroxylation sites is 3. The highest BCUT2D eigenvalue weighted by molar-refractivity contribution is 7.03. The van der Waals surface area contributed by atoms with Gasteiger partial charge in [-0.3, -0.25) is 4.57 Å². The zero-order chi connectivity index (χ0) is 38.7. The van der Waals surface area contributed by atoms with Gasteiger partial charge in [-0.25, -0.2) is 4.98 Å². The molecule has 3 heterocycles. The van der Waals surface area contributed by atoms with Gasteiger partial charge in [0.05, 0.1) is 38.4 Å². The minimum Gasteiger partial charge on any atom is -0.455 e. The standard InChI is InChI=1S/C51H50N2OSi2/c1-31(2)40-27-36(34-22-23-47-48(29-34)56(7,8)25-24-55(47,5)6)28-41(32(3)4)49(40)53-45-19-12-11-18-44(45)52-51(53)39-17-13-16-38-43-26-35-21-20-33-14-9-10-15-37(33)42(35)30-46(43)54-50(38)39/h9-23,26-32H,24-25H2,1-8H3. The van der Waals surface area contributed by atoms with Crippen LogP contribution in [0.3, 0.4) is 0 Å². The fraction of sp³-hybridized carbons (Fsp3) is 0.235. The van der Waals surface area contributed by atoms with E-state index >= 15 is 0 Å². The number of fused-ring (bicyclic) bond motifs is 8. The zero-order valence-electron chi connectivity index (χ0n) is 33.9. The Morgan fingerprint density at radius 2 is 1.25 bits per heavy atom. The molecule has 0 amide bonds.